The van der Waals surface area contributed by atoms with E-state index < -0.39 is 10.7 Å². The molecule has 8 nitrogen and oxygen atoms in total. The van der Waals surface area contributed by atoms with E-state index in [2.05, 4.69) is 0 Å². The summed E-state index contributed by atoms with van der Waals surface area (Å²) in [7, 11) is 0. The Morgan fingerprint density at radius 1 is 0.971 bits per heavy atom. The van der Waals surface area contributed by atoms with Crippen molar-refractivity contribution in [2.24, 2.45) is 0 Å². The molecule has 0 N–H and O–H groups in total. The van der Waals surface area contributed by atoms with Crippen LogP contribution in [0.4, 0.5) is 21.5 Å². The number of hydrogen-bond acceptors (Lipinski definition) is 6. The second-order valence-corrected chi connectivity index (χ2v) is 8.70. The number of halogens is 1. The normalized spacial score (nSPS) is 16.5. The number of ketones is 1. The predicted octanol–water partition coefficient (Wildman–Crippen LogP) is 4.28. The van der Waals surface area contributed by atoms with Crippen LogP contribution in [-0.4, -0.2) is 60.8 Å². The highest BCUT2D eigenvalue weighted by Gasteiger charge is 2.31. The number of rotatable bonds is 6. The summed E-state index contributed by atoms with van der Waals surface area (Å²) < 4.78 is 14.7. The van der Waals surface area contributed by atoms with Crippen molar-refractivity contribution in [2.75, 3.05) is 49.1 Å². The molecule has 0 aliphatic carbocycles. The van der Waals surface area contributed by atoms with Gasteiger partial charge in [-0.3, -0.25) is 19.7 Å². The minimum Gasteiger partial charge on any atom is -0.366 e. The highest BCUT2D eigenvalue weighted by atomic mass is 19.1. The minimum absolute atomic E-state index is 0.0461. The van der Waals surface area contributed by atoms with Gasteiger partial charge in [0, 0.05) is 57.3 Å². The summed E-state index contributed by atoms with van der Waals surface area (Å²) in [6, 6.07) is 9.19. The Labute approximate surface area is 198 Å². The van der Waals surface area contributed by atoms with Crippen LogP contribution in [-0.2, 0) is 0 Å². The molecule has 4 rings (SSSR count). The molecule has 0 saturated carbocycles. The second-order valence-electron chi connectivity index (χ2n) is 8.70. The SMILES string of the molecule is CCC(=O)c1ccc(N2CCN(C(=O)c3cccc([N+](=O)[O-])c3N3CCCCC3)CC2)c(F)c1. The van der Waals surface area contributed by atoms with Crippen LogP contribution >= 0.6 is 0 Å². The molecule has 2 saturated heterocycles. The van der Waals surface area contributed by atoms with Crippen molar-refractivity contribution in [1.29, 1.82) is 0 Å². The van der Waals surface area contributed by atoms with E-state index >= 15 is 0 Å². The van der Waals surface area contributed by atoms with Gasteiger partial charge in [0.15, 0.2) is 5.78 Å². The van der Waals surface area contributed by atoms with Gasteiger partial charge in [-0.05, 0) is 43.5 Å². The van der Waals surface area contributed by atoms with E-state index in [1.165, 1.54) is 12.1 Å². The average Bonchev–Trinajstić information content (AvgIpc) is 2.87. The Bertz CT molecular complexity index is 1090. The quantitative estimate of drug-likeness (QED) is 0.357. The first-order valence-electron chi connectivity index (χ1n) is 11.8. The monoisotopic (exact) mass is 468 g/mol. The largest absolute Gasteiger partial charge is 0.366 e. The number of piperazine rings is 1. The molecular formula is C25H29FN4O4. The number of carbonyl (C=O) groups is 2. The van der Waals surface area contributed by atoms with Gasteiger partial charge in [-0.2, -0.15) is 0 Å². The van der Waals surface area contributed by atoms with Gasteiger partial charge >= 0.3 is 0 Å². The molecule has 0 radical (unpaired) electrons. The molecule has 34 heavy (non-hydrogen) atoms. The molecule has 2 aliphatic rings. The zero-order chi connectivity index (χ0) is 24.2. The van der Waals surface area contributed by atoms with Crippen LogP contribution in [0.3, 0.4) is 0 Å². The molecule has 0 bridgehead atoms. The van der Waals surface area contributed by atoms with Gasteiger partial charge in [-0.15, -0.1) is 0 Å². The zero-order valence-corrected chi connectivity index (χ0v) is 19.3. The van der Waals surface area contributed by atoms with E-state index in [4.69, 9.17) is 0 Å². The number of para-hydroxylation sites is 1. The van der Waals surface area contributed by atoms with E-state index in [0.29, 0.717) is 68.2 Å². The Balaban J connectivity index is 1.51. The fourth-order valence-electron chi connectivity index (χ4n) is 4.76. The number of amides is 1. The van der Waals surface area contributed by atoms with E-state index in [0.717, 1.165) is 19.3 Å². The van der Waals surface area contributed by atoms with Gasteiger partial charge in [-0.25, -0.2) is 4.39 Å². The number of carbonyl (C=O) groups excluding carboxylic acids is 2. The lowest BCUT2D eigenvalue weighted by Gasteiger charge is -2.37. The molecule has 9 heteroatoms. The second kappa shape index (κ2) is 10.2. The molecule has 2 aromatic rings. The molecular weight excluding hydrogens is 439 g/mol. The summed E-state index contributed by atoms with van der Waals surface area (Å²) in [5, 5.41) is 11.7. The van der Waals surface area contributed by atoms with E-state index in [1.54, 1.807) is 36.1 Å². The molecule has 180 valence electrons. The number of nitrogens with zero attached hydrogens (tertiary/aromatic N) is 4. The molecule has 0 spiro atoms. The predicted molar refractivity (Wildman–Crippen MR) is 128 cm³/mol. The Morgan fingerprint density at radius 2 is 1.68 bits per heavy atom. The molecule has 2 heterocycles. The standard InChI is InChI=1S/C25H29FN4O4/c1-2-23(31)18-9-10-21(20(26)17-18)27-13-15-29(16-14-27)25(32)19-7-6-8-22(30(33)34)24(19)28-11-4-3-5-12-28/h6-10,17H,2-5,11-16H2,1H3. The molecule has 2 aromatic carbocycles. The smallest absolute Gasteiger partial charge is 0.293 e. The number of nitro groups is 1. The van der Waals surface area contributed by atoms with Gasteiger partial charge in [0.25, 0.3) is 11.6 Å². The summed E-state index contributed by atoms with van der Waals surface area (Å²) in [5.74, 6) is -0.805. The van der Waals surface area contributed by atoms with Crippen molar-refractivity contribution >= 4 is 28.8 Å². The summed E-state index contributed by atoms with van der Waals surface area (Å²) >= 11 is 0. The van der Waals surface area contributed by atoms with Crippen LogP contribution in [0.2, 0.25) is 0 Å². The summed E-state index contributed by atoms with van der Waals surface area (Å²) in [4.78, 5) is 42.1. The molecule has 2 aliphatic heterocycles. The maximum atomic E-state index is 14.7. The lowest BCUT2D eigenvalue weighted by molar-refractivity contribution is -0.384. The molecule has 0 unspecified atom stereocenters. The Kier molecular flexibility index (Phi) is 7.09. The first kappa shape index (κ1) is 23.7. The van der Waals surface area contributed by atoms with E-state index in [9.17, 15) is 24.1 Å². The third-order valence-electron chi connectivity index (χ3n) is 6.61. The molecule has 1 amide bonds. The van der Waals surface area contributed by atoms with Crippen LogP contribution in [0.25, 0.3) is 0 Å². The number of benzene rings is 2. The minimum atomic E-state index is -0.454. The van der Waals surface area contributed by atoms with Crippen molar-refractivity contribution in [3.63, 3.8) is 0 Å². The Hall–Kier alpha value is -3.49. The zero-order valence-electron chi connectivity index (χ0n) is 19.3. The average molecular weight is 469 g/mol. The van der Waals surface area contributed by atoms with Crippen molar-refractivity contribution in [2.45, 2.75) is 32.6 Å². The van der Waals surface area contributed by atoms with Gasteiger partial charge in [-0.1, -0.05) is 13.0 Å². The molecule has 2 fully saturated rings. The van der Waals surface area contributed by atoms with Gasteiger partial charge in [0.05, 0.1) is 16.2 Å². The third kappa shape index (κ3) is 4.73. The van der Waals surface area contributed by atoms with E-state index in [1.807, 2.05) is 9.80 Å². The number of piperidine rings is 1. The number of Topliss-reactive ketones (excluding diaryl/α,β-unsaturated/α-hetero) is 1. The van der Waals surface area contributed by atoms with Crippen LogP contribution in [0.15, 0.2) is 36.4 Å². The summed E-state index contributed by atoms with van der Waals surface area (Å²) in [5.41, 5.74) is 1.47. The van der Waals surface area contributed by atoms with Gasteiger partial charge < -0.3 is 14.7 Å². The van der Waals surface area contributed by atoms with Crippen molar-refractivity contribution < 1.29 is 18.9 Å². The van der Waals surface area contributed by atoms with E-state index in [-0.39, 0.29) is 17.4 Å². The maximum absolute atomic E-state index is 14.7. The van der Waals surface area contributed by atoms with Gasteiger partial charge in [0.2, 0.25) is 0 Å². The fraction of sp³-hybridized carbons (Fsp3) is 0.440. The lowest BCUT2D eigenvalue weighted by atomic mass is 10.0. The molecule has 0 aromatic heterocycles. The highest BCUT2D eigenvalue weighted by Crippen LogP contribution is 2.35. The van der Waals surface area contributed by atoms with Crippen LogP contribution in [0, 0.1) is 15.9 Å². The Morgan fingerprint density at radius 3 is 2.29 bits per heavy atom. The van der Waals surface area contributed by atoms with Crippen molar-refractivity contribution in [3.8, 4) is 0 Å². The van der Waals surface area contributed by atoms with Crippen LogP contribution < -0.4 is 9.80 Å². The number of anilines is 2. The number of hydrogen-bond donors (Lipinski definition) is 0. The first-order valence-corrected chi connectivity index (χ1v) is 11.8. The van der Waals surface area contributed by atoms with Gasteiger partial charge in [0.1, 0.15) is 11.5 Å². The van der Waals surface area contributed by atoms with Crippen LogP contribution in [0.1, 0.15) is 53.3 Å². The van der Waals surface area contributed by atoms with Crippen LogP contribution in [0.5, 0.6) is 0 Å². The van der Waals surface area contributed by atoms with Crippen molar-refractivity contribution in [3.05, 3.63) is 63.5 Å². The summed E-state index contributed by atoms with van der Waals surface area (Å²) in [6.45, 7) is 4.72. The first-order chi connectivity index (χ1) is 16.4. The fourth-order valence-corrected chi connectivity index (χ4v) is 4.76. The molecule has 0 atom stereocenters. The summed E-state index contributed by atoms with van der Waals surface area (Å²) in [6.07, 6.45) is 3.27. The number of nitro benzene ring substituents is 1. The lowest BCUT2D eigenvalue weighted by Crippen LogP contribution is -2.49. The van der Waals surface area contributed by atoms with Crippen molar-refractivity contribution in [1.82, 2.24) is 4.90 Å². The third-order valence-corrected chi connectivity index (χ3v) is 6.61. The highest BCUT2D eigenvalue weighted by molar-refractivity contribution is 6.02. The maximum Gasteiger partial charge on any atom is 0.293 e. The topological polar surface area (TPSA) is 87.0 Å².